The first-order valence-corrected chi connectivity index (χ1v) is 6.21. The van der Waals surface area contributed by atoms with Crippen molar-refractivity contribution in [2.24, 2.45) is 5.92 Å². The molecule has 2 atom stereocenters. The van der Waals surface area contributed by atoms with Gasteiger partial charge in [0.1, 0.15) is 0 Å². The predicted molar refractivity (Wildman–Crippen MR) is 62.4 cm³/mol. The first kappa shape index (κ1) is 10.6. The molecule has 0 saturated carbocycles. The first-order chi connectivity index (χ1) is 7.20. The van der Waals surface area contributed by atoms with Crippen LogP contribution in [0.1, 0.15) is 17.0 Å². The number of hydrogen-bond acceptors (Lipinski definition) is 2. The average molecular weight is 222 g/mol. The molecule has 2 rings (SSSR count). The molecular formula is C12H14O2S. The van der Waals surface area contributed by atoms with Crippen molar-refractivity contribution in [3.05, 3.63) is 35.4 Å². The summed E-state index contributed by atoms with van der Waals surface area (Å²) < 4.78 is 0. The van der Waals surface area contributed by atoms with E-state index in [1.54, 1.807) is 11.8 Å². The standard InChI is InChI=1S/C12H14O2S/c1-8-4-2-3-5-9(8)10-6-15-7-11(10)12(13)14/h2-5,10-11H,6-7H2,1H3,(H,13,14). The van der Waals surface area contributed by atoms with Gasteiger partial charge in [-0.1, -0.05) is 24.3 Å². The summed E-state index contributed by atoms with van der Waals surface area (Å²) in [4.78, 5) is 11.1. The van der Waals surface area contributed by atoms with Gasteiger partial charge in [-0.2, -0.15) is 11.8 Å². The maximum absolute atomic E-state index is 11.1. The second-order valence-electron chi connectivity index (χ2n) is 3.95. The zero-order valence-corrected chi connectivity index (χ0v) is 9.46. The molecule has 3 heteroatoms. The van der Waals surface area contributed by atoms with Gasteiger partial charge in [0.05, 0.1) is 5.92 Å². The molecule has 0 aromatic heterocycles. The number of carbonyl (C=O) groups is 1. The van der Waals surface area contributed by atoms with Crippen LogP contribution in [0.2, 0.25) is 0 Å². The average Bonchev–Trinajstić information content (AvgIpc) is 2.67. The molecule has 0 aliphatic carbocycles. The third-order valence-electron chi connectivity index (χ3n) is 2.99. The van der Waals surface area contributed by atoms with Crippen LogP contribution in [0.4, 0.5) is 0 Å². The zero-order valence-electron chi connectivity index (χ0n) is 8.64. The lowest BCUT2D eigenvalue weighted by molar-refractivity contribution is -0.141. The van der Waals surface area contributed by atoms with Crippen LogP contribution in [0.15, 0.2) is 24.3 Å². The fourth-order valence-electron chi connectivity index (χ4n) is 2.11. The van der Waals surface area contributed by atoms with Gasteiger partial charge in [-0.15, -0.1) is 0 Å². The van der Waals surface area contributed by atoms with Crippen molar-refractivity contribution in [1.82, 2.24) is 0 Å². The van der Waals surface area contributed by atoms with E-state index >= 15 is 0 Å². The van der Waals surface area contributed by atoms with Gasteiger partial charge in [0.15, 0.2) is 0 Å². The molecule has 1 aromatic carbocycles. The van der Waals surface area contributed by atoms with Crippen LogP contribution < -0.4 is 0 Å². The molecule has 1 aliphatic rings. The van der Waals surface area contributed by atoms with Gasteiger partial charge in [-0.05, 0) is 18.1 Å². The summed E-state index contributed by atoms with van der Waals surface area (Å²) in [6.45, 7) is 2.05. The van der Waals surface area contributed by atoms with Crippen LogP contribution in [0, 0.1) is 12.8 Å². The Hall–Kier alpha value is -0.960. The van der Waals surface area contributed by atoms with E-state index in [-0.39, 0.29) is 11.8 Å². The Morgan fingerprint density at radius 1 is 1.40 bits per heavy atom. The number of hydrogen-bond donors (Lipinski definition) is 1. The van der Waals surface area contributed by atoms with Crippen molar-refractivity contribution in [2.75, 3.05) is 11.5 Å². The topological polar surface area (TPSA) is 37.3 Å². The molecule has 1 aromatic rings. The highest BCUT2D eigenvalue weighted by molar-refractivity contribution is 7.99. The van der Waals surface area contributed by atoms with Crippen molar-refractivity contribution in [3.8, 4) is 0 Å². The van der Waals surface area contributed by atoms with E-state index in [1.165, 1.54) is 11.1 Å². The van der Waals surface area contributed by atoms with Crippen molar-refractivity contribution in [2.45, 2.75) is 12.8 Å². The number of thioether (sulfide) groups is 1. The van der Waals surface area contributed by atoms with Crippen LogP contribution in [0.5, 0.6) is 0 Å². The van der Waals surface area contributed by atoms with Crippen LogP contribution >= 0.6 is 11.8 Å². The number of aryl methyl sites for hydroxylation is 1. The maximum Gasteiger partial charge on any atom is 0.307 e. The highest BCUT2D eigenvalue weighted by Gasteiger charge is 2.34. The molecular weight excluding hydrogens is 208 g/mol. The molecule has 1 N–H and O–H groups in total. The summed E-state index contributed by atoms with van der Waals surface area (Å²) in [5, 5.41) is 9.12. The molecule has 1 fully saturated rings. The molecule has 0 spiro atoms. The lowest BCUT2D eigenvalue weighted by Crippen LogP contribution is -2.20. The largest absolute Gasteiger partial charge is 0.481 e. The summed E-state index contributed by atoms with van der Waals surface area (Å²) in [5.74, 6) is 0.994. The maximum atomic E-state index is 11.1. The third kappa shape index (κ3) is 2.02. The smallest absolute Gasteiger partial charge is 0.307 e. The van der Waals surface area contributed by atoms with Crippen molar-refractivity contribution in [3.63, 3.8) is 0 Å². The summed E-state index contributed by atoms with van der Waals surface area (Å²) in [7, 11) is 0. The zero-order chi connectivity index (χ0) is 10.8. The van der Waals surface area contributed by atoms with Crippen molar-refractivity contribution < 1.29 is 9.90 Å². The lowest BCUT2D eigenvalue weighted by Gasteiger charge is -2.17. The molecule has 1 saturated heterocycles. The second kappa shape index (κ2) is 4.27. The highest BCUT2D eigenvalue weighted by Crippen LogP contribution is 2.38. The second-order valence-corrected chi connectivity index (χ2v) is 5.02. The summed E-state index contributed by atoms with van der Waals surface area (Å²) in [6.07, 6.45) is 0. The fourth-order valence-corrected chi connectivity index (χ4v) is 3.54. The Bertz CT molecular complexity index is 376. The summed E-state index contributed by atoms with van der Waals surface area (Å²) >= 11 is 1.74. The van der Waals surface area contributed by atoms with Crippen LogP contribution in [0.25, 0.3) is 0 Å². The van der Waals surface area contributed by atoms with Gasteiger partial charge < -0.3 is 5.11 Å². The quantitative estimate of drug-likeness (QED) is 0.835. The SMILES string of the molecule is Cc1ccccc1C1CSCC1C(=O)O. The van der Waals surface area contributed by atoms with E-state index in [0.29, 0.717) is 0 Å². The monoisotopic (exact) mass is 222 g/mol. The first-order valence-electron chi connectivity index (χ1n) is 5.06. The third-order valence-corrected chi connectivity index (χ3v) is 4.18. The molecule has 2 unspecified atom stereocenters. The van der Waals surface area contributed by atoms with Crippen LogP contribution in [-0.4, -0.2) is 22.6 Å². The Morgan fingerprint density at radius 2 is 2.13 bits per heavy atom. The van der Waals surface area contributed by atoms with E-state index in [1.807, 2.05) is 12.1 Å². The van der Waals surface area contributed by atoms with Gasteiger partial charge in [0, 0.05) is 17.4 Å². The number of benzene rings is 1. The van der Waals surface area contributed by atoms with Crippen molar-refractivity contribution in [1.29, 1.82) is 0 Å². The Labute approximate surface area is 93.7 Å². The van der Waals surface area contributed by atoms with E-state index in [4.69, 9.17) is 5.11 Å². The molecule has 0 amide bonds. The van der Waals surface area contributed by atoms with Crippen LogP contribution in [-0.2, 0) is 4.79 Å². The number of carboxylic acid groups (broad SMARTS) is 1. The summed E-state index contributed by atoms with van der Waals surface area (Å²) in [5.41, 5.74) is 2.41. The number of rotatable bonds is 2. The van der Waals surface area contributed by atoms with Crippen molar-refractivity contribution >= 4 is 17.7 Å². The Kier molecular flexibility index (Phi) is 3.00. The molecule has 1 heterocycles. The molecule has 1 aliphatic heterocycles. The van der Waals surface area contributed by atoms with E-state index in [2.05, 4.69) is 19.1 Å². The lowest BCUT2D eigenvalue weighted by atomic mass is 9.86. The fraction of sp³-hybridized carbons (Fsp3) is 0.417. The van der Waals surface area contributed by atoms with E-state index in [0.717, 1.165) is 11.5 Å². The number of aliphatic carboxylic acids is 1. The summed E-state index contributed by atoms with van der Waals surface area (Å²) in [6, 6.07) is 8.10. The van der Waals surface area contributed by atoms with Gasteiger partial charge in [-0.25, -0.2) is 0 Å². The van der Waals surface area contributed by atoms with Gasteiger partial charge in [0.2, 0.25) is 0 Å². The minimum atomic E-state index is -0.659. The van der Waals surface area contributed by atoms with Gasteiger partial charge >= 0.3 is 5.97 Å². The van der Waals surface area contributed by atoms with Crippen LogP contribution in [0.3, 0.4) is 0 Å². The molecule has 80 valence electrons. The van der Waals surface area contributed by atoms with Gasteiger partial charge in [0.25, 0.3) is 0 Å². The Morgan fingerprint density at radius 3 is 2.80 bits per heavy atom. The normalized spacial score (nSPS) is 25.4. The molecule has 15 heavy (non-hydrogen) atoms. The molecule has 0 bridgehead atoms. The minimum absolute atomic E-state index is 0.189. The van der Waals surface area contributed by atoms with E-state index < -0.39 is 5.97 Å². The van der Waals surface area contributed by atoms with Gasteiger partial charge in [-0.3, -0.25) is 4.79 Å². The Balaban J connectivity index is 2.30. The van der Waals surface area contributed by atoms with E-state index in [9.17, 15) is 4.79 Å². The molecule has 0 radical (unpaired) electrons. The highest BCUT2D eigenvalue weighted by atomic mass is 32.2. The number of carboxylic acids is 1. The minimum Gasteiger partial charge on any atom is -0.481 e. The predicted octanol–water partition coefficient (Wildman–Crippen LogP) is 2.53. The molecule has 2 nitrogen and oxygen atoms in total.